The number of carbonyl (C=O) groups is 2. The summed E-state index contributed by atoms with van der Waals surface area (Å²) in [5.41, 5.74) is 1.60. The third kappa shape index (κ3) is 4.32. The van der Waals surface area contributed by atoms with E-state index in [0.29, 0.717) is 21.4 Å². The van der Waals surface area contributed by atoms with Gasteiger partial charge in [0.1, 0.15) is 12.7 Å². The van der Waals surface area contributed by atoms with Crippen molar-refractivity contribution < 1.29 is 9.59 Å². The molecule has 0 saturated carbocycles. The summed E-state index contributed by atoms with van der Waals surface area (Å²) in [6, 6.07) is 12.3. The van der Waals surface area contributed by atoms with Crippen LogP contribution in [0, 0.1) is 0 Å². The van der Waals surface area contributed by atoms with Crippen LogP contribution >= 0.6 is 23.2 Å². The number of fused-ring (bicyclic) bond motifs is 1. The molecule has 0 unspecified atom stereocenters. The van der Waals surface area contributed by atoms with E-state index in [1.807, 2.05) is 0 Å². The highest BCUT2D eigenvalue weighted by atomic mass is 35.5. The standard InChI is InChI=1S/C19H13Cl2N7O2/c20-11-1-5-13(6-2-11)25-18(29)27-16-15-17(23-9-22-16)28(10-24-15)19(30)26-14-7-3-12(21)4-8-14/h1-10H,(H,26,30)(H2,22,23,25,27,29). The van der Waals surface area contributed by atoms with Gasteiger partial charge in [0.15, 0.2) is 17.0 Å². The molecule has 11 heteroatoms. The minimum atomic E-state index is -0.530. The Hall–Kier alpha value is -3.69. The summed E-state index contributed by atoms with van der Waals surface area (Å²) in [5, 5.41) is 9.08. The van der Waals surface area contributed by atoms with E-state index in [0.717, 1.165) is 0 Å². The second-order valence-electron chi connectivity index (χ2n) is 6.03. The summed E-state index contributed by atoms with van der Waals surface area (Å²) >= 11 is 11.7. The number of hydrogen-bond donors (Lipinski definition) is 3. The molecular weight excluding hydrogens is 429 g/mol. The maximum atomic E-state index is 12.6. The zero-order valence-corrected chi connectivity index (χ0v) is 16.6. The second kappa shape index (κ2) is 8.36. The Morgan fingerprint density at radius 1 is 0.767 bits per heavy atom. The third-order valence-corrected chi connectivity index (χ3v) is 4.49. The lowest BCUT2D eigenvalue weighted by molar-refractivity contribution is 0.254. The molecule has 0 aliphatic heterocycles. The minimum Gasteiger partial charge on any atom is -0.308 e. The second-order valence-corrected chi connectivity index (χ2v) is 6.90. The number of hydrogen-bond acceptors (Lipinski definition) is 5. The molecule has 150 valence electrons. The number of anilines is 3. The highest BCUT2D eigenvalue weighted by Crippen LogP contribution is 2.19. The minimum absolute atomic E-state index is 0.157. The molecule has 0 aliphatic rings. The first-order chi connectivity index (χ1) is 14.5. The van der Waals surface area contributed by atoms with Crippen LogP contribution < -0.4 is 16.0 Å². The molecule has 2 aromatic carbocycles. The first-order valence-electron chi connectivity index (χ1n) is 8.58. The Morgan fingerprint density at radius 2 is 1.37 bits per heavy atom. The summed E-state index contributed by atoms with van der Waals surface area (Å²) in [6.07, 6.45) is 2.53. The van der Waals surface area contributed by atoms with Crippen molar-refractivity contribution in [2.45, 2.75) is 0 Å². The molecule has 0 bridgehead atoms. The highest BCUT2D eigenvalue weighted by molar-refractivity contribution is 6.31. The fourth-order valence-corrected chi connectivity index (χ4v) is 2.85. The first kappa shape index (κ1) is 19.6. The number of nitrogens with zero attached hydrogens (tertiary/aromatic N) is 4. The molecule has 0 aliphatic carbocycles. The maximum Gasteiger partial charge on any atom is 0.332 e. The molecule has 4 rings (SSSR count). The SMILES string of the molecule is O=C(Nc1ccc(Cl)cc1)Nc1ncnc2c1ncn2C(=O)Nc1ccc(Cl)cc1. The zero-order chi connectivity index (χ0) is 21.1. The molecule has 3 N–H and O–H groups in total. The van der Waals surface area contributed by atoms with Crippen molar-refractivity contribution in [3.8, 4) is 0 Å². The van der Waals surface area contributed by atoms with Gasteiger partial charge in [0.2, 0.25) is 0 Å². The van der Waals surface area contributed by atoms with Crippen LogP contribution in [0.4, 0.5) is 26.8 Å². The predicted octanol–water partition coefficient (Wildman–Crippen LogP) is 4.86. The molecule has 30 heavy (non-hydrogen) atoms. The van der Waals surface area contributed by atoms with Gasteiger partial charge in [-0.3, -0.25) is 5.32 Å². The Morgan fingerprint density at radius 3 is 2.00 bits per heavy atom. The van der Waals surface area contributed by atoms with Crippen molar-refractivity contribution in [3.63, 3.8) is 0 Å². The van der Waals surface area contributed by atoms with Crippen LogP contribution in [-0.2, 0) is 0 Å². The Labute approximate surface area is 180 Å². The molecule has 2 heterocycles. The third-order valence-electron chi connectivity index (χ3n) is 3.98. The topological polar surface area (TPSA) is 114 Å². The number of carbonyl (C=O) groups excluding carboxylic acids is 2. The molecule has 0 atom stereocenters. The van der Waals surface area contributed by atoms with Gasteiger partial charge < -0.3 is 10.6 Å². The van der Waals surface area contributed by atoms with Crippen LogP contribution in [0.5, 0.6) is 0 Å². The van der Waals surface area contributed by atoms with E-state index in [2.05, 4.69) is 30.9 Å². The van der Waals surface area contributed by atoms with Crippen LogP contribution in [0.1, 0.15) is 0 Å². The van der Waals surface area contributed by atoms with Gasteiger partial charge in [-0.15, -0.1) is 0 Å². The van der Waals surface area contributed by atoms with Crippen molar-refractivity contribution in [2.75, 3.05) is 16.0 Å². The summed E-state index contributed by atoms with van der Waals surface area (Å²) in [6.45, 7) is 0. The molecule has 0 spiro atoms. The number of aromatic nitrogens is 4. The predicted molar refractivity (Wildman–Crippen MR) is 115 cm³/mol. The van der Waals surface area contributed by atoms with E-state index in [1.165, 1.54) is 17.2 Å². The van der Waals surface area contributed by atoms with Crippen molar-refractivity contribution >= 4 is 63.6 Å². The highest BCUT2D eigenvalue weighted by Gasteiger charge is 2.16. The monoisotopic (exact) mass is 441 g/mol. The zero-order valence-electron chi connectivity index (χ0n) is 15.1. The van der Waals surface area contributed by atoms with Gasteiger partial charge in [-0.2, -0.15) is 0 Å². The number of nitrogens with one attached hydrogen (secondary N) is 3. The van der Waals surface area contributed by atoms with E-state index in [-0.39, 0.29) is 17.0 Å². The largest absolute Gasteiger partial charge is 0.332 e. The first-order valence-corrected chi connectivity index (χ1v) is 9.34. The summed E-state index contributed by atoms with van der Waals surface area (Å²) in [7, 11) is 0. The van der Waals surface area contributed by atoms with E-state index in [9.17, 15) is 9.59 Å². The van der Waals surface area contributed by atoms with Gasteiger partial charge in [0.05, 0.1) is 0 Å². The number of benzene rings is 2. The van der Waals surface area contributed by atoms with Gasteiger partial charge in [0, 0.05) is 21.4 Å². The Kier molecular flexibility index (Phi) is 5.46. The summed E-state index contributed by atoms with van der Waals surface area (Å²) in [4.78, 5) is 37.2. The normalized spacial score (nSPS) is 10.6. The van der Waals surface area contributed by atoms with Crippen LogP contribution in [-0.4, -0.2) is 31.6 Å². The Balaban J connectivity index is 1.52. The average molecular weight is 442 g/mol. The molecule has 3 amide bonds. The van der Waals surface area contributed by atoms with Crippen molar-refractivity contribution in [1.82, 2.24) is 19.5 Å². The average Bonchev–Trinajstić information content (AvgIpc) is 3.17. The summed E-state index contributed by atoms with van der Waals surface area (Å²) in [5.74, 6) is 0.157. The molecule has 9 nitrogen and oxygen atoms in total. The van der Waals surface area contributed by atoms with Gasteiger partial charge in [-0.25, -0.2) is 29.1 Å². The Bertz CT molecular complexity index is 1220. The van der Waals surface area contributed by atoms with Crippen molar-refractivity contribution in [3.05, 3.63) is 71.2 Å². The maximum absolute atomic E-state index is 12.6. The van der Waals surface area contributed by atoms with Crippen molar-refractivity contribution in [1.29, 1.82) is 0 Å². The van der Waals surface area contributed by atoms with Gasteiger partial charge >= 0.3 is 12.1 Å². The molecule has 0 radical (unpaired) electrons. The number of halogens is 2. The van der Waals surface area contributed by atoms with E-state index < -0.39 is 12.1 Å². The van der Waals surface area contributed by atoms with Crippen LogP contribution in [0.2, 0.25) is 10.0 Å². The summed E-state index contributed by atoms with van der Waals surface area (Å²) < 4.78 is 1.22. The quantitative estimate of drug-likeness (QED) is 0.420. The lowest BCUT2D eigenvalue weighted by Crippen LogP contribution is -2.21. The number of amides is 3. The van der Waals surface area contributed by atoms with Gasteiger partial charge in [-0.05, 0) is 48.5 Å². The van der Waals surface area contributed by atoms with E-state index in [4.69, 9.17) is 23.2 Å². The lowest BCUT2D eigenvalue weighted by atomic mass is 10.3. The van der Waals surface area contributed by atoms with E-state index in [1.54, 1.807) is 48.5 Å². The van der Waals surface area contributed by atoms with Crippen LogP contribution in [0.15, 0.2) is 61.2 Å². The number of urea groups is 1. The molecule has 0 fully saturated rings. The smallest absolute Gasteiger partial charge is 0.308 e. The molecule has 2 aromatic heterocycles. The fourth-order valence-electron chi connectivity index (χ4n) is 2.59. The van der Waals surface area contributed by atoms with Gasteiger partial charge in [0.25, 0.3) is 0 Å². The van der Waals surface area contributed by atoms with Crippen molar-refractivity contribution in [2.24, 2.45) is 0 Å². The molecular formula is C19H13Cl2N7O2. The van der Waals surface area contributed by atoms with Crippen LogP contribution in [0.25, 0.3) is 11.2 Å². The number of rotatable bonds is 3. The van der Waals surface area contributed by atoms with Crippen LogP contribution in [0.3, 0.4) is 0 Å². The molecule has 0 saturated heterocycles. The van der Waals surface area contributed by atoms with Gasteiger partial charge in [-0.1, -0.05) is 23.2 Å². The lowest BCUT2D eigenvalue weighted by Gasteiger charge is -2.08. The number of imidazole rings is 1. The molecule has 4 aromatic rings. The fraction of sp³-hybridized carbons (Fsp3) is 0. The van der Waals surface area contributed by atoms with E-state index >= 15 is 0 Å².